The zero-order valence-corrected chi connectivity index (χ0v) is 15.6. The van der Waals surface area contributed by atoms with E-state index >= 15 is 0 Å². The van der Waals surface area contributed by atoms with E-state index in [4.69, 9.17) is 9.47 Å². The molecule has 0 unspecified atom stereocenters. The number of ether oxygens (including phenoxy) is 2. The van der Waals surface area contributed by atoms with Gasteiger partial charge < -0.3 is 20.1 Å². The maximum Gasteiger partial charge on any atom is 0.255 e. The summed E-state index contributed by atoms with van der Waals surface area (Å²) in [5, 5.41) is 5.58. The number of methoxy groups -OCH3 is 1. The number of hydrogen-bond acceptors (Lipinski definition) is 5. The maximum atomic E-state index is 13.3. The molecule has 6 nitrogen and oxygen atoms in total. The van der Waals surface area contributed by atoms with Crippen LogP contribution in [0.3, 0.4) is 0 Å². The number of anilines is 2. The van der Waals surface area contributed by atoms with Gasteiger partial charge in [-0.2, -0.15) is 0 Å². The molecule has 29 heavy (non-hydrogen) atoms. The molecule has 0 aliphatic rings. The van der Waals surface area contributed by atoms with Crippen molar-refractivity contribution < 1.29 is 23.0 Å². The average molecular weight is 399 g/mol. The van der Waals surface area contributed by atoms with Gasteiger partial charge in [0.25, 0.3) is 5.91 Å². The summed E-state index contributed by atoms with van der Waals surface area (Å²) in [4.78, 5) is 16.5. The van der Waals surface area contributed by atoms with Crippen molar-refractivity contribution in [1.82, 2.24) is 4.98 Å². The number of hydrogen-bond donors (Lipinski definition) is 2. The molecule has 2 N–H and O–H groups in total. The fraction of sp³-hybridized carbons (Fsp3) is 0.143. The highest BCUT2D eigenvalue weighted by molar-refractivity contribution is 6.04. The van der Waals surface area contributed by atoms with Crippen molar-refractivity contribution in [3.8, 4) is 11.5 Å². The molecule has 0 atom stereocenters. The molecular formula is C21H19F2N3O3. The zero-order valence-electron chi connectivity index (χ0n) is 15.6. The largest absolute Gasteiger partial charge is 0.497 e. The molecular weight excluding hydrogens is 380 g/mol. The summed E-state index contributed by atoms with van der Waals surface area (Å²) < 4.78 is 36.9. The van der Waals surface area contributed by atoms with Gasteiger partial charge >= 0.3 is 0 Å². The van der Waals surface area contributed by atoms with Gasteiger partial charge in [0.2, 0.25) is 0 Å². The van der Waals surface area contributed by atoms with Crippen molar-refractivity contribution in [2.75, 3.05) is 30.9 Å². The average Bonchev–Trinajstić information content (AvgIpc) is 2.74. The molecule has 150 valence electrons. The minimum absolute atomic E-state index is 0.160. The first-order chi connectivity index (χ1) is 14.0. The van der Waals surface area contributed by atoms with Crippen LogP contribution in [0.15, 0.2) is 60.8 Å². The lowest BCUT2D eigenvalue weighted by atomic mass is 10.2. The number of carbonyl (C=O) groups is 1. The van der Waals surface area contributed by atoms with E-state index in [0.29, 0.717) is 30.3 Å². The van der Waals surface area contributed by atoms with Gasteiger partial charge in [0.05, 0.1) is 13.7 Å². The number of nitrogens with one attached hydrogen (secondary N) is 2. The predicted octanol–water partition coefficient (Wildman–Crippen LogP) is 4.11. The summed E-state index contributed by atoms with van der Waals surface area (Å²) >= 11 is 0. The van der Waals surface area contributed by atoms with Gasteiger partial charge in [-0.15, -0.1) is 0 Å². The molecule has 0 saturated heterocycles. The van der Waals surface area contributed by atoms with E-state index in [-0.39, 0.29) is 5.69 Å². The third-order valence-corrected chi connectivity index (χ3v) is 3.94. The number of rotatable bonds is 8. The summed E-state index contributed by atoms with van der Waals surface area (Å²) in [6, 6.07) is 13.5. The number of halogens is 2. The van der Waals surface area contributed by atoms with Crippen LogP contribution in [0.1, 0.15) is 10.4 Å². The molecule has 1 heterocycles. The predicted molar refractivity (Wildman–Crippen MR) is 106 cm³/mol. The van der Waals surface area contributed by atoms with Crippen LogP contribution in [0.4, 0.5) is 20.3 Å². The van der Waals surface area contributed by atoms with Crippen LogP contribution in [0.2, 0.25) is 0 Å². The van der Waals surface area contributed by atoms with E-state index in [0.717, 1.165) is 17.9 Å². The summed E-state index contributed by atoms with van der Waals surface area (Å²) in [6.07, 6.45) is 1.48. The van der Waals surface area contributed by atoms with Gasteiger partial charge in [-0.25, -0.2) is 13.8 Å². The van der Waals surface area contributed by atoms with Crippen molar-refractivity contribution in [3.05, 3.63) is 78.0 Å². The van der Waals surface area contributed by atoms with E-state index in [2.05, 4.69) is 15.6 Å². The minimum atomic E-state index is -1.03. The van der Waals surface area contributed by atoms with Gasteiger partial charge in [-0.05, 0) is 48.5 Å². The summed E-state index contributed by atoms with van der Waals surface area (Å²) in [5.74, 6) is -0.525. The second-order valence-electron chi connectivity index (χ2n) is 5.96. The first-order valence-electron chi connectivity index (χ1n) is 8.78. The zero-order chi connectivity index (χ0) is 20.6. The van der Waals surface area contributed by atoms with E-state index in [1.165, 1.54) is 18.3 Å². The van der Waals surface area contributed by atoms with E-state index < -0.39 is 17.5 Å². The molecule has 3 aromatic rings. The highest BCUT2D eigenvalue weighted by atomic mass is 19.2. The SMILES string of the molecule is COc1ccc(OCCNc2cc(C(=O)Nc3ccc(F)c(F)c3)ccn2)cc1. The maximum absolute atomic E-state index is 13.3. The molecule has 1 aromatic heterocycles. The Balaban J connectivity index is 1.51. The molecule has 3 rings (SSSR count). The lowest BCUT2D eigenvalue weighted by Crippen LogP contribution is -2.15. The Morgan fingerprint density at radius 2 is 1.76 bits per heavy atom. The molecule has 8 heteroatoms. The first-order valence-corrected chi connectivity index (χ1v) is 8.78. The molecule has 1 amide bonds. The Bertz CT molecular complexity index is 981. The van der Waals surface area contributed by atoms with Crippen molar-refractivity contribution in [2.45, 2.75) is 0 Å². The minimum Gasteiger partial charge on any atom is -0.497 e. The van der Waals surface area contributed by atoms with E-state index in [1.807, 2.05) is 0 Å². The topological polar surface area (TPSA) is 72.5 Å². The number of carbonyl (C=O) groups excluding carboxylic acids is 1. The Morgan fingerprint density at radius 3 is 2.48 bits per heavy atom. The summed E-state index contributed by atoms with van der Waals surface area (Å²) in [6.45, 7) is 0.854. The first kappa shape index (κ1) is 20.1. The third kappa shape index (κ3) is 5.65. The fourth-order valence-corrected chi connectivity index (χ4v) is 2.47. The summed E-state index contributed by atoms with van der Waals surface area (Å²) in [5.41, 5.74) is 0.483. The lowest BCUT2D eigenvalue weighted by Gasteiger charge is -2.10. The second-order valence-corrected chi connectivity index (χ2v) is 5.96. The van der Waals surface area contributed by atoms with Crippen LogP contribution in [0, 0.1) is 11.6 Å². The van der Waals surface area contributed by atoms with E-state index in [9.17, 15) is 13.6 Å². The van der Waals surface area contributed by atoms with Crippen molar-refractivity contribution >= 4 is 17.4 Å². The number of aromatic nitrogens is 1. The second kappa shape index (κ2) is 9.50. The van der Waals surface area contributed by atoms with Gasteiger partial charge in [0, 0.05) is 23.5 Å². The third-order valence-electron chi connectivity index (χ3n) is 3.94. The Hall–Kier alpha value is -3.68. The molecule has 0 bridgehead atoms. The Kier molecular flexibility index (Phi) is 6.57. The molecule has 0 saturated carbocycles. The van der Waals surface area contributed by atoms with Crippen molar-refractivity contribution in [1.29, 1.82) is 0 Å². The van der Waals surface area contributed by atoms with E-state index in [1.54, 1.807) is 37.4 Å². The molecule has 0 fully saturated rings. The quantitative estimate of drug-likeness (QED) is 0.558. The normalized spacial score (nSPS) is 10.3. The lowest BCUT2D eigenvalue weighted by molar-refractivity contribution is 0.102. The fourth-order valence-electron chi connectivity index (χ4n) is 2.47. The standard InChI is InChI=1S/C21H19F2N3O3/c1-28-16-3-5-17(6-4-16)29-11-10-25-20-12-14(8-9-24-20)21(27)26-15-2-7-18(22)19(23)13-15/h2-9,12-13H,10-11H2,1H3,(H,24,25)(H,26,27). The van der Waals surface area contributed by atoms with Gasteiger partial charge in [0.15, 0.2) is 11.6 Å². The smallest absolute Gasteiger partial charge is 0.255 e. The van der Waals surface area contributed by atoms with Crippen molar-refractivity contribution in [3.63, 3.8) is 0 Å². The molecule has 2 aromatic carbocycles. The van der Waals surface area contributed by atoms with Crippen molar-refractivity contribution in [2.24, 2.45) is 0 Å². The summed E-state index contributed by atoms with van der Waals surface area (Å²) in [7, 11) is 1.60. The molecule has 0 aliphatic carbocycles. The molecule has 0 radical (unpaired) electrons. The van der Waals surface area contributed by atoms with Crippen LogP contribution in [0.5, 0.6) is 11.5 Å². The Labute approximate surface area is 166 Å². The number of pyridine rings is 1. The molecule has 0 spiro atoms. The highest BCUT2D eigenvalue weighted by Gasteiger charge is 2.09. The number of nitrogens with zero attached hydrogens (tertiary/aromatic N) is 1. The van der Waals surface area contributed by atoms with Crippen LogP contribution >= 0.6 is 0 Å². The number of amides is 1. The van der Waals surface area contributed by atoms with Gasteiger partial charge in [-0.3, -0.25) is 4.79 Å². The molecule has 0 aliphatic heterocycles. The monoisotopic (exact) mass is 399 g/mol. The Morgan fingerprint density at radius 1 is 1.00 bits per heavy atom. The highest BCUT2D eigenvalue weighted by Crippen LogP contribution is 2.17. The number of benzene rings is 2. The van der Waals surface area contributed by atoms with Crippen LogP contribution in [0.25, 0.3) is 0 Å². The van der Waals surface area contributed by atoms with Gasteiger partial charge in [0.1, 0.15) is 23.9 Å². The van der Waals surface area contributed by atoms with Gasteiger partial charge in [-0.1, -0.05) is 0 Å². The van der Waals surface area contributed by atoms with Crippen LogP contribution in [-0.2, 0) is 0 Å². The van der Waals surface area contributed by atoms with Crippen LogP contribution in [-0.4, -0.2) is 31.2 Å². The van der Waals surface area contributed by atoms with Crippen LogP contribution < -0.4 is 20.1 Å².